The number of hydrogen-bond donors (Lipinski definition) is 1. The number of rotatable bonds is 10. The van der Waals surface area contributed by atoms with Gasteiger partial charge in [0, 0.05) is 23.9 Å². The van der Waals surface area contributed by atoms with E-state index >= 15 is 0 Å². The van der Waals surface area contributed by atoms with Gasteiger partial charge in [-0.25, -0.2) is 4.39 Å². The van der Waals surface area contributed by atoms with Crippen LogP contribution in [0.5, 0.6) is 5.75 Å². The molecule has 0 heterocycles. The summed E-state index contributed by atoms with van der Waals surface area (Å²) in [6, 6.07) is 12.0. The maximum Gasteiger partial charge on any atom is 0.162 e. The monoisotopic (exact) mass is 355 g/mol. The summed E-state index contributed by atoms with van der Waals surface area (Å²) in [7, 11) is 0. The first kappa shape index (κ1) is 19.5. The number of carbonyl (C=O) groups is 2. The number of hydrogen-bond acceptors (Lipinski definition) is 4. The first-order valence-corrected chi connectivity index (χ1v) is 8.38. The topological polar surface area (TPSA) is 69.4 Å². The number of carbonyl (C=O) groups excluding carboxylic acids is 2. The van der Waals surface area contributed by atoms with Crippen molar-refractivity contribution >= 4 is 12.1 Å². The van der Waals surface area contributed by atoms with Gasteiger partial charge in [0.05, 0.1) is 0 Å². The molecule has 2 aromatic rings. The van der Waals surface area contributed by atoms with Crippen LogP contribution in [0.2, 0.25) is 0 Å². The minimum atomic E-state index is -0.512. The third-order valence-corrected chi connectivity index (χ3v) is 4.14. The fourth-order valence-electron chi connectivity index (χ4n) is 2.60. The van der Waals surface area contributed by atoms with Crippen LogP contribution >= 0.6 is 0 Å². The zero-order chi connectivity index (χ0) is 18.9. The molecule has 0 aliphatic carbocycles. The lowest BCUT2D eigenvalue weighted by atomic mass is 9.89. The smallest absolute Gasteiger partial charge is 0.162 e. The Morgan fingerprint density at radius 3 is 2.38 bits per heavy atom. The van der Waals surface area contributed by atoms with Crippen molar-refractivity contribution in [2.45, 2.75) is 18.9 Å². The minimum absolute atomic E-state index is 0.141. The number of ketones is 1. The molecule has 2 N–H and O–H groups in total. The Bertz CT molecular complexity index is 741. The van der Waals surface area contributed by atoms with Crippen LogP contribution in [0.4, 0.5) is 4.39 Å². The van der Waals surface area contributed by atoms with Crippen LogP contribution in [-0.4, -0.2) is 18.7 Å². The summed E-state index contributed by atoms with van der Waals surface area (Å²) in [4.78, 5) is 23.6. The summed E-state index contributed by atoms with van der Waals surface area (Å²) in [5, 5.41) is 0. The predicted octanol–water partition coefficient (Wildman–Crippen LogP) is 3.87. The Labute approximate surface area is 152 Å². The molecule has 0 saturated carbocycles. The molecule has 5 heteroatoms. The molecule has 0 aliphatic rings. The van der Waals surface area contributed by atoms with Gasteiger partial charge in [-0.15, -0.1) is 0 Å². The van der Waals surface area contributed by atoms with Gasteiger partial charge in [0.15, 0.2) is 5.78 Å². The molecular weight excluding hydrogens is 333 g/mol. The number of nitrogens with two attached hydrogens (primary N) is 1. The van der Waals surface area contributed by atoms with Crippen molar-refractivity contribution in [3.63, 3.8) is 0 Å². The fourth-order valence-corrected chi connectivity index (χ4v) is 2.60. The predicted molar refractivity (Wildman–Crippen MR) is 98.6 cm³/mol. The van der Waals surface area contributed by atoms with E-state index in [0.717, 1.165) is 11.8 Å². The standard InChI is InChI=1S/C21H22FNO3/c1-2-13-26-19-10-5-16(6-11-19)21(23)17(14-24)7-12-20(25)15-3-8-18(22)9-4-15/h2-6,8-11,14,17,21H,1,7,12-13,23H2/t17-,21+/m0/s1. The molecule has 136 valence electrons. The molecule has 0 amide bonds. The highest BCUT2D eigenvalue weighted by molar-refractivity contribution is 5.96. The Morgan fingerprint density at radius 2 is 1.81 bits per heavy atom. The van der Waals surface area contributed by atoms with Crippen LogP contribution in [0.3, 0.4) is 0 Å². The summed E-state index contributed by atoms with van der Waals surface area (Å²) >= 11 is 0. The van der Waals surface area contributed by atoms with Crippen LogP contribution in [0.1, 0.15) is 34.8 Å². The summed E-state index contributed by atoms with van der Waals surface area (Å²) in [5.74, 6) is -0.332. The highest BCUT2D eigenvalue weighted by atomic mass is 19.1. The van der Waals surface area contributed by atoms with Crippen molar-refractivity contribution in [2.75, 3.05) is 6.61 Å². The summed E-state index contributed by atoms with van der Waals surface area (Å²) in [6.45, 7) is 4.00. The third kappa shape index (κ3) is 5.36. The molecule has 0 aliphatic heterocycles. The molecule has 0 unspecified atom stereocenters. The zero-order valence-electron chi connectivity index (χ0n) is 14.4. The van der Waals surface area contributed by atoms with Gasteiger partial charge in [-0.3, -0.25) is 4.79 Å². The molecule has 0 saturated heterocycles. The normalized spacial score (nSPS) is 12.8. The van der Waals surface area contributed by atoms with E-state index in [4.69, 9.17) is 10.5 Å². The average molecular weight is 355 g/mol. The minimum Gasteiger partial charge on any atom is -0.490 e. The molecule has 0 fully saturated rings. The molecule has 2 rings (SSSR count). The van der Waals surface area contributed by atoms with E-state index in [0.29, 0.717) is 24.3 Å². The molecular formula is C21H22FNO3. The second-order valence-electron chi connectivity index (χ2n) is 5.96. The van der Waals surface area contributed by atoms with Crippen LogP contribution in [0, 0.1) is 11.7 Å². The van der Waals surface area contributed by atoms with Crippen LogP contribution in [0.25, 0.3) is 0 Å². The van der Waals surface area contributed by atoms with Gasteiger partial charge in [0.25, 0.3) is 0 Å². The van der Waals surface area contributed by atoms with Crippen LogP contribution < -0.4 is 10.5 Å². The summed E-state index contributed by atoms with van der Waals surface area (Å²) in [6.07, 6.45) is 2.93. The highest BCUT2D eigenvalue weighted by Gasteiger charge is 2.20. The van der Waals surface area contributed by atoms with E-state index in [1.807, 2.05) is 0 Å². The second-order valence-corrected chi connectivity index (χ2v) is 5.96. The third-order valence-electron chi connectivity index (χ3n) is 4.14. The van der Waals surface area contributed by atoms with Crippen molar-refractivity contribution in [3.8, 4) is 5.75 Å². The highest BCUT2D eigenvalue weighted by Crippen LogP contribution is 2.25. The van der Waals surface area contributed by atoms with Crippen molar-refractivity contribution in [3.05, 3.63) is 78.1 Å². The van der Waals surface area contributed by atoms with Gasteiger partial charge in [0.2, 0.25) is 0 Å². The van der Waals surface area contributed by atoms with E-state index < -0.39 is 17.8 Å². The van der Waals surface area contributed by atoms with Crippen LogP contribution in [-0.2, 0) is 4.79 Å². The van der Waals surface area contributed by atoms with E-state index in [2.05, 4.69) is 6.58 Å². The number of benzene rings is 2. The first-order chi connectivity index (χ1) is 12.5. The number of aldehydes is 1. The van der Waals surface area contributed by atoms with Gasteiger partial charge >= 0.3 is 0 Å². The molecule has 0 bridgehead atoms. The van der Waals surface area contributed by atoms with Crippen molar-refractivity contribution < 1.29 is 18.7 Å². The van der Waals surface area contributed by atoms with Crippen molar-refractivity contribution in [1.29, 1.82) is 0 Å². The fraction of sp³-hybridized carbons (Fsp3) is 0.238. The lowest BCUT2D eigenvalue weighted by molar-refractivity contribution is -0.111. The van der Waals surface area contributed by atoms with Gasteiger partial charge in [-0.05, 0) is 48.4 Å². The van der Waals surface area contributed by atoms with Crippen molar-refractivity contribution in [2.24, 2.45) is 11.7 Å². The number of Topliss-reactive ketones (excluding diaryl/α,β-unsaturated/α-hetero) is 1. The maximum absolute atomic E-state index is 12.9. The van der Waals surface area contributed by atoms with Crippen molar-refractivity contribution in [1.82, 2.24) is 0 Å². The molecule has 2 aromatic carbocycles. The lowest BCUT2D eigenvalue weighted by Crippen LogP contribution is -2.23. The Balaban J connectivity index is 1.96. The van der Waals surface area contributed by atoms with Gasteiger partial charge < -0.3 is 15.3 Å². The Hall–Kier alpha value is -2.79. The van der Waals surface area contributed by atoms with E-state index in [9.17, 15) is 14.0 Å². The molecule has 2 atom stereocenters. The van der Waals surface area contributed by atoms with Gasteiger partial charge in [-0.1, -0.05) is 24.8 Å². The molecule has 26 heavy (non-hydrogen) atoms. The summed E-state index contributed by atoms with van der Waals surface area (Å²) in [5.41, 5.74) is 7.41. The largest absolute Gasteiger partial charge is 0.490 e. The lowest BCUT2D eigenvalue weighted by Gasteiger charge is -2.19. The number of ether oxygens (including phenoxy) is 1. The maximum atomic E-state index is 12.9. The molecule has 0 spiro atoms. The first-order valence-electron chi connectivity index (χ1n) is 8.38. The molecule has 0 radical (unpaired) electrons. The number of halogens is 1. The SMILES string of the molecule is C=CCOc1ccc([C@@H](N)[C@H](C=O)CCC(=O)c2ccc(F)cc2)cc1. The summed E-state index contributed by atoms with van der Waals surface area (Å²) < 4.78 is 18.3. The average Bonchev–Trinajstić information content (AvgIpc) is 2.67. The van der Waals surface area contributed by atoms with Crippen LogP contribution in [0.15, 0.2) is 61.2 Å². The van der Waals surface area contributed by atoms with Gasteiger partial charge in [0.1, 0.15) is 24.5 Å². The molecule has 4 nitrogen and oxygen atoms in total. The second kappa shape index (κ2) is 9.63. The van der Waals surface area contributed by atoms with Gasteiger partial charge in [-0.2, -0.15) is 0 Å². The quantitative estimate of drug-likeness (QED) is 0.399. The Kier molecular flexibility index (Phi) is 7.24. The zero-order valence-corrected chi connectivity index (χ0v) is 14.4. The Morgan fingerprint density at radius 1 is 1.15 bits per heavy atom. The molecule has 0 aromatic heterocycles. The van der Waals surface area contributed by atoms with E-state index in [1.54, 1.807) is 30.3 Å². The van der Waals surface area contributed by atoms with E-state index in [1.165, 1.54) is 24.3 Å². The van der Waals surface area contributed by atoms with E-state index in [-0.39, 0.29) is 12.2 Å².